The molecule has 0 aromatic heterocycles. The third-order valence-electron chi connectivity index (χ3n) is 3.22. The van der Waals surface area contributed by atoms with Crippen molar-refractivity contribution < 1.29 is 9.53 Å². The Morgan fingerprint density at radius 1 is 1.24 bits per heavy atom. The minimum absolute atomic E-state index is 0.0635. The van der Waals surface area contributed by atoms with Gasteiger partial charge in [0.15, 0.2) is 0 Å². The molecule has 0 saturated heterocycles. The Labute approximate surface area is 128 Å². The first-order valence-corrected chi connectivity index (χ1v) is 7.64. The summed E-state index contributed by atoms with van der Waals surface area (Å²) in [7, 11) is 0. The van der Waals surface area contributed by atoms with Gasteiger partial charge < -0.3 is 10.1 Å². The number of nitrogens with one attached hydrogen (secondary N) is 1. The second-order valence-electron chi connectivity index (χ2n) is 5.54. The summed E-state index contributed by atoms with van der Waals surface area (Å²) < 4.78 is 5.24. The zero-order chi connectivity index (χ0) is 15.7. The van der Waals surface area contributed by atoms with E-state index in [0.29, 0.717) is 6.42 Å². The maximum Gasteiger partial charge on any atom is 0.307 e. The van der Waals surface area contributed by atoms with Crippen LogP contribution < -0.4 is 5.32 Å². The normalized spacial score (nSPS) is 14.3. The molecule has 0 amide bonds. The predicted octanol–water partition coefficient (Wildman–Crippen LogP) is 4.01. The maximum absolute atomic E-state index is 11.9. The third kappa shape index (κ3) is 7.09. The number of benzene rings is 1. The van der Waals surface area contributed by atoms with Crippen molar-refractivity contribution in [3.8, 4) is 0 Å². The Kier molecular flexibility index (Phi) is 7.76. The van der Waals surface area contributed by atoms with Crippen LogP contribution in [-0.4, -0.2) is 18.1 Å². The average molecular weight is 289 g/mol. The van der Waals surface area contributed by atoms with E-state index < -0.39 is 0 Å². The van der Waals surface area contributed by atoms with E-state index in [1.807, 2.05) is 45.0 Å². The molecule has 0 radical (unpaired) electrons. The topological polar surface area (TPSA) is 38.3 Å². The van der Waals surface area contributed by atoms with Crippen molar-refractivity contribution in [2.24, 2.45) is 0 Å². The van der Waals surface area contributed by atoms with Crippen molar-refractivity contribution in [2.75, 3.05) is 0 Å². The molecular weight excluding hydrogens is 262 g/mol. The number of hydrogen-bond donors (Lipinski definition) is 1. The minimum Gasteiger partial charge on any atom is -0.463 e. The van der Waals surface area contributed by atoms with E-state index in [0.717, 1.165) is 6.42 Å². The fourth-order valence-corrected chi connectivity index (χ4v) is 2.21. The van der Waals surface area contributed by atoms with Gasteiger partial charge in [-0.2, -0.15) is 0 Å². The molecule has 0 bridgehead atoms. The molecule has 0 aliphatic heterocycles. The Morgan fingerprint density at radius 3 is 2.48 bits per heavy atom. The van der Waals surface area contributed by atoms with Crippen molar-refractivity contribution >= 4 is 5.97 Å². The molecule has 116 valence electrons. The lowest BCUT2D eigenvalue weighted by atomic mass is 10.0. The molecule has 1 rings (SSSR count). The minimum atomic E-state index is -0.146. The number of hydrogen-bond acceptors (Lipinski definition) is 3. The SMILES string of the molecule is C/C=C/C[C@H](CC(=O)OC(C)C)N[C@H](C)c1ccccc1. The second kappa shape index (κ2) is 9.35. The summed E-state index contributed by atoms with van der Waals surface area (Å²) in [5, 5.41) is 3.52. The van der Waals surface area contributed by atoms with Gasteiger partial charge in [-0.15, -0.1) is 0 Å². The van der Waals surface area contributed by atoms with E-state index in [9.17, 15) is 4.79 Å². The first-order valence-electron chi connectivity index (χ1n) is 7.64. The number of esters is 1. The quantitative estimate of drug-likeness (QED) is 0.580. The fraction of sp³-hybridized carbons (Fsp3) is 0.500. The number of allylic oxidation sites excluding steroid dienone is 1. The molecule has 0 aliphatic rings. The number of rotatable bonds is 8. The van der Waals surface area contributed by atoms with Crippen LogP contribution >= 0.6 is 0 Å². The molecule has 2 atom stereocenters. The zero-order valence-electron chi connectivity index (χ0n) is 13.5. The average Bonchev–Trinajstić information content (AvgIpc) is 2.44. The predicted molar refractivity (Wildman–Crippen MR) is 87.1 cm³/mol. The van der Waals surface area contributed by atoms with Crippen LogP contribution in [0.2, 0.25) is 0 Å². The third-order valence-corrected chi connectivity index (χ3v) is 3.22. The van der Waals surface area contributed by atoms with Crippen molar-refractivity contribution in [1.29, 1.82) is 0 Å². The molecule has 3 nitrogen and oxygen atoms in total. The highest BCUT2D eigenvalue weighted by atomic mass is 16.5. The molecule has 21 heavy (non-hydrogen) atoms. The molecule has 0 saturated carbocycles. The summed E-state index contributed by atoms with van der Waals surface area (Å²) in [6.07, 6.45) is 5.24. The maximum atomic E-state index is 11.9. The Bertz CT molecular complexity index is 440. The summed E-state index contributed by atoms with van der Waals surface area (Å²) in [6, 6.07) is 10.5. The van der Waals surface area contributed by atoms with Gasteiger partial charge in [-0.25, -0.2) is 0 Å². The van der Waals surface area contributed by atoms with Gasteiger partial charge in [0.1, 0.15) is 0 Å². The van der Waals surface area contributed by atoms with Gasteiger partial charge in [0.2, 0.25) is 0 Å². The first kappa shape index (κ1) is 17.4. The summed E-state index contributed by atoms with van der Waals surface area (Å²) in [5.41, 5.74) is 1.22. The van der Waals surface area contributed by atoms with Crippen molar-refractivity contribution in [3.63, 3.8) is 0 Å². The number of carbonyl (C=O) groups is 1. The van der Waals surface area contributed by atoms with Crippen LogP contribution in [0.1, 0.15) is 52.1 Å². The molecule has 0 aliphatic carbocycles. The Balaban J connectivity index is 2.62. The summed E-state index contributed by atoms with van der Waals surface area (Å²) in [6.45, 7) is 7.85. The van der Waals surface area contributed by atoms with Gasteiger partial charge in [-0.3, -0.25) is 4.79 Å². The van der Waals surface area contributed by atoms with E-state index in [-0.39, 0.29) is 24.2 Å². The van der Waals surface area contributed by atoms with Crippen molar-refractivity contribution in [2.45, 2.75) is 58.7 Å². The van der Waals surface area contributed by atoms with Crippen LogP contribution in [0, 0.1) is 0 Å². The fourth-order valence-electron chi connectivity index (χ4n) is 2.21. The van der Waals surface area contributed by atoms with Gasteiger partial charge in [0.25, 0.3) is 0 Å². The van der Waals surface area contributed by atoms with Crippen molar-refractivity contribution in [3.05, 3.63) is 48.0 Å². The molecule has 0 fully saturated rings. The smallest absolute Gasteiger partial charge is 0.307 e. The Hall–Kier alpha value is -1.61. The lowest BCUT2D eigenvalue weighted by molar-refractivity contribution is -0.148. The van der Waals surface area contributed by atoms with Crippen molar-refractivity contribution in [1.82, 2.24) is 5.32 Å². The largest absolute Gasteiger partial charge is 0.463 e. The number of carbonyl (C=O) groups excluding carboxylic acids is 1. The zero-order valence-corrected chi connectivity index (χ0v) is 13.5. The highest BCUT2D eigenvalue weighted by molar-refractivity contribution is 5.70. The van der Waals surface area contributed by atoms with Gasteiger partial charge >= 0.3 is 5.97 Å². The monoisotopic (exact) mass is 289 g/mol. The molecule has 0 spiro atoms. The number of ether oxygens (including phenoxy) is 1. The summed E-state index contributed by atoms with van der Waals surface area (Å²) >= 11 is 0. The molecular formula is C18H27NO2. The van der Waals surface area contributed by atoms with Crippen LogP contribution in [-0.2, 0) is 9.53 Å². The van der Waals surface area contributed by atoms with Gasteiger partial charge in [-0.05, 0) is 39.7 Å². The second-order valence-corrected chi connectivity index (χ2v) is 5.54. The highest BCUT2D eigenvalue weighted by Gasteiger charge is 2.17. The highest BCUT2D eigenvalue weighted by Crippen LogP contribution is 2.15. The molecule has 0 heterocycles. The van der Waals surface area contributed by atoms with Gasteiger partial charge in [0.05, 0.1) is 12.5 Å². The van der Waals surface area contributed by atoms with E-state index in [1.54, 1.807) is 0 Å². The summed E-state index contributed by atoms with van der Waals surface area (Å²) in [5.74, 6) is -0.146. The van der Waals surface area contributed by atoms with E-state index in [1.165, 1.54) is 5.56 Å². The molecule has 1 aromatic carbocycles. The van der Waals surface area contributed by atoms with E-state index in [4.69, 9.17) is 4.74 Å². The Morgan fingerprint density at radius 2 is 1.90 bits per heavy atom. The van der Waals surface area contributed by atoms with Gasteiger partial charge in [0, 0.05) is 12.1 Å². The standard InChI is InChI=1S/C18H27NO2/c1-5-6-12-17(13-18(20)21-14(2)3)19-15(4)16-10-8-7-9-11-16/h5-11,14-15,17,19H,12-13H2,1-4H3/b6-5+/t15-,17-/m1/s1. The first-order chi connectivity index (χ1) is 10.0. The van der Waals surface area contributed by atoms with Crippen LogP contribution in [0.15, 0.2) is 42.5 Å². The van der Waals surface area contributed by atoms with Crippen LogP contribution in [0.25, 0.3) is 0 Å². The van der Waals surface area contributed by atoms with E-state index in [2.05, 4.69) is 30.4 Å². The summed E-state index contributed by atoms with van der Waals surface area (Å²) in [4.78, 5) is 11.9. The lowest BCUT2D eigenvalue weighted by Crippen LogP contribution is -2.34. The van der Waals surface area contributed by atoms with E-state index >= 15 is 0 Å². The molecule has 0 unspecified atom stereocenters. The molecule has 3 heteroatoms. The van der Waals surface area contributed by atoms with Gasteiger partial charge in [-0.1, -0.05) is 42.5 Å². The molecule has 1 N–H and O–H groups in total. The van der Waals surface area contributed by atoms with Crippen LogP contribution in [0.4, 0.5) is 0 Å². The van der Waals surface area contributed by atoms with Crippen LogP contribution in [0.5, 0.6) is 0 Å². The van der Waals surface area contributed by atoms with Crippen LogP contribution in [0.3, 0.4) is 0 Å². The lowest BCUT2D eigenvalue weighted by Gasteiger charge is -2.22. The molecule has 1 aromatic rings.